The average molecular weight is 338 g/mol. The Hall–Kier alpha value is -2.17. The predicted octanol–water partition coefficient (Wildman–Crippen LogP) is 4.36. The van der Waals surface area contributed by atoms with Gasteiger partial charge in [0.15, 0.2) is 11.5 Å². The number of methoxy groups -OCH3 is 1. The quantitative estimate of drug-likeness (QED) is 0.815. The molecular formula is C16H13Cl2NO3. The van der Waals surface area contributed by atoms with Gasteiger partial charge in [-0.1, -0.05) is 29.3 Å². The fourth-order valence-electron chi connectivity index (χ4n) is 1.77. The van der Waals surface area contributed by atoms with Crippen molar-refractivity contribution in [3.05, 3.63) is 58.1 Å². The average Bonchev–Trinajstić information content (AvgIpc) is 2.49. The van der Waals surface area contributed by atoms with Gasteiger partial charge in [-0.2, -0.15) is 0 Å². The molecule has 0 saturated heterocycles. The highest BCUT2D eigenvalue weighted by Crippen LogP contribution is 2.36. The molecule has 4 nitrogen and oxygen atoms in total. The normalized spacial score (nSPS) is 10.7. The minimum atomic E-state index is -0.339. The first kappa shape index (κ1) is 16.2. The summed E-state index contributed by atoms with van der Waals surface area (Å²) < 4.78 is 4.95. The number of phenolic OH excluding ortho intramolecular Hbond substituents is 1. The van der Waals surface area contributed by atoms with Crippen molar-refractivity contribution >= 4 is 40.9 Å². The summed E-state index contributed by atoms with van der Waals surface area (Å²) in [5.74, 6) is -0.235. The molecule has 0 radical (unpaired) electrons. The van der Waals surface area contributed by atoms with Crippen molar-refractivity contribution in [3.8, 4) is 11.5 Å². The van der Waals surface area contributed by atoms with Gasteiger partial charge in [-0.3, -0.25) is 4.79 Å². The summed E-state index contributed by atoms with van der Waals surface area (Å²) in [7, 11) is 1.43. The molecule has 0 unspecified atom stereocenters. The first-order valence-electron chi connectivity index (χ1n) is 6.31. The highest BCUT2D eigenvalue weighted by molar-refractivity contribution is 6.34. The predicted molar refractivity (Wildman–Crippen MR) is 88.8 cm³/mol. The number of nitrogens with one attached hydrogen (secondary N) is 1. The van der Waals surface area contributed by atoms with Crippen LogP contribution in [0.1, 0.15) is 5.56 Å². The van der Waals surface area contributed by atoms with E-state index in [1.807, 2.05) is 0 Å². The lowest BCUT2D eigenvalue weighted by Gasteiger charge is -2.07. The second kappa shape index (κ2) is 7.20. The van der Waals surface area contributed by atoms with Gasteiger partial charge in [0.1, 0.15) is 0 Å². The van der Waals surface area contributed by atoms with Crippen LogP contribution in [0, 0.1) is 0 Å². The zero-order valence-electron chi connectivity index (χ0n) is 11.6. The molecule has 22 heavy (non-hydrogen) atoms. The SMILES string of the molecule is COc1ccc(C=CC(=O)Nc2cccc(Cl)c2)c(Cl)c1O. The maximum absolute atomic E-state index is 11.8. The van der Waals surface area contributed by atoms with E-state index in [2.05, 4.69) is 5.32 Å². The van der Waals surface area contributed by atoms with E-state index in [1.165, 1.54) is 19.3 Å². The third-order valence-electron chi connectivity index (χ3n) is 2.84. The summed E-state index contributed by atoms with van der Waals surface area (Å²) >= 11 is 11.9. The molecule has 2 aromatic rings. The van der Waals surface area contributed by atoms with E-state index in [9.17, 15) is 9.90 Å². The Morgan fingerprint density at radius 1 is 1.27 bits per heavy atom. The topological polar surface area (TPSA) is 58.6 Å². The third kappa shape index (κ3) is 3.93. The van der Waals surface area contributed by atoms with Crippen LogP contribution in [0.15, 0.2) is 42.5 Å². The van der Waals surface area contributed by atoms with Crippen molar-refractivity contribution in [2.24, 2.45) is 0 Å². The Labute approximate surface area is 137 Å². The lowest BCUT2D eigenvalue weighted by molar-refractivity contribution is -0.111. The van der Waals surface area contributed by atoms with Gasteiger partial charge < -0.3 is 15.2 Å². The van der Waals surface area contributed by atoms with Crippen molar-refractivity contribution < 1.29 is 14.6 Å². The number of aromatic hydroxyl groups is 1. The molecule has 0 saturated carbocycles. The number of ether oxygens (including phenoxy) is 1. The maximum Gasteiger partial charge on any atom is 0.248 e. The van der Waals surface area contributed by atoms with Crippen LogP contribution in [0.2, 0.25) is 10.0 Å². The van der Waals surface area contributed by atoms with E-state index in [-0.39, 0.29) is 22.4 Å². The summed E-state index contributed by atoms with van der Waals surface area (Å²) in [6.45, 7) is 0. The van der Waals surface area contributed by atoms with Gasteiger partial charge in [0.25, 0.3) is 0 Å². The lowest BCUT2D eigenvalue weighted by Crippen LogP contribution is -2.07. The molecular weight excluding hydrogens is 325 g/mol. The molecule has 0 aliphatic rings. The lowest BCUT2D eigenvalue weighted by atomic mass is 10.2. The van der Waals surface area contributed by atoms with Gasteiger partial charge in [0.2, 0.25) is 5.91 Å². The number of hydrogen-bond donors (Lipinski definition) is 2. The molecule has 0 atom stereocenters. The molecule has 0 spiro atoms. The van der Waals surface area contributed by atoms with Gasteiger partial charge in [0.05, 0.1) is 12.1 Å². The monoisotopic (exact) mass is 337 g/mol. The van der Waals surface area contributed by atoms with Crippen LogP contribution in [0.3, 0.4) is 0 Å². The van der Waals surface area contributed by atoms with Crippen LogP contribution < -0.4 is 10.1 Å². The molecule has 0 fully saturated rings. The van der Waals surface area contributed by atoms with Crippen LogP contribution in [0.4, 0.5) is 5.69 Å². The maximum atomic E-state index is 11.8. The Balaban J connectivity index is 2.11. The molecule has 1 amide bonds. The van der Waals surface area contributed by atoms with E-state index in [1.54, 1.807) is 36.4 Å². The summed E-state index contributed by atoms with van der Waals surface area (Å²) in [6, 6.07) is 10.0. The van der Waals surface area contributed by atoms with Crippen molar-refractivity contribution in [3.63, 3.8) is 0 Å². The number of amides is 1. The van der Waals surface area contributed by atoms with Crippen molar-refractivity contribution in [1.82, 2.24) is 0 Å². The van der Waals surface area contributed by atoms with Crippen LogP contribution >= 0.6 is 23.2 Å². The highest BCUT2D eigenvalue weighted by Gasteiger charge is 2.09. The van der Waals surface area contributed by atoms with Crippen LogP contribution in [-0.4, -0.2) is 18.1 Å². The molecule has 0 aromatic heterocycles. The summed E-state index contributed by atoms with van der Waals surface area (Å²) in [6.07, 6.45) is 2.81. The number of halogens is 2. The Morgan fingerprint density at radius 2 is 2.05 bits per heavy atom. The van der Waals surface area contributed by atoms with E-state index in [0.29, 0.717) is 16.3 Å². The minimum absolute atomic E-state index is 0.117. The first-order chi connectivity index (χ1) is 10.5. The van der Waals surface area contributed by atoms with Crippen LogP contribution in [0.5, 0.6) is 11.5 Å². The van der Waals surface area contributed by atoms with Crippen molar-refractivity contribution in [1.29, 1.82) is 0 Å². The first-order valence-corrected chi connectivity index (χ1v) is 7.07. The number of phenols is 1. The number of anilines is 1. The Morgan fingerprint density at radius 3 is 2.73 bits per heavy atom. The number of carbonyl (C=O) groups is 1. The molecule has 2 rings (SSSR count). The zero-order valence-corrected chi connectivity index (χ0v) is 13.2. The van der Waals surface area contributed by atoms with Gasteiger partial charge in [-0.15, -0.1) is 0 Å². The second-order valence-corrected chi connectivity index (χ2v) is 5.17. The largest absolute Gasteiger partial charge is 0.503 e. The van der Waals surface area contributed by atoms with Gasteiger partial charge in [-0.05, 0) is 42.0 Å². The van der Waals surface area contributed by atoms with Crippen LogP contribution in [0.25, 0.3) is 6.08 Å². The minimum Gasteiger partial charge on any atom is -0.503 e. The standard InChI is InChI=1S/C16H13Cl2NO3/c1-22-13-7-5-10(15(18)16(13)21)6-8-14(20)19-12-4-2-3-11(17)9-12/h2-9,21H,1H3,(H,19,20). The molecule has 0 bridgehead atoms. The second-order valence-electron chi connectivity index (χ2n) is 4.35. The third-order valence-corrected chi connectivity index (χ3v) is 3.47. The number of carbonyl (C=O) groups excluding carboxylic acids is 1. The summed E-state index contributed by atoms with van der Waals surface area (Å²) in [4.78, 5) is 11.8. The van der Waals surface area contributed by atoms with Gasteiger partial charge in [-0.25, -0.2) is 0 Å². The van der Waals surface area contributed by atoms with E-state index in [0.717, 1.165) is 0 Å². The Kier molecular flexibility index (Phi) is 5.31. The van der Waals surface area contributed by atoms with Crippen molar-refractivity contribution in [2.45, 2.75) is 0 Å². The molecule has 6 heteroatoms. The molecule has 114 valence electrons. The molecule has 0 aliphatic carbocycles. The molecule has 2 aromatic carbocycles. The Bertz CT molecular complexity index is 729. The molecule has 0 aliphatic heterocycles. The smallest absolute Gasteiger partial charge is 0.248 e. The molecule has 2 N–H and O–H groups in total. The van der Waals surface area contributed by atoms with E-state index >= 15 is 0 Å². The molecule has 0 heterocycles. The number of rotatable bonds is 4. The van der Waals surface area contributed by atoms with E-state index in [4.69, 9.17) is 27.9 Å². The highest BCUT2D eigenvalue weighted by atomic mass is 35.5. The summed E-state index contributed by atoms with van der Waals surface area (Å²) in [5, 5.41) is 13.1. The number of hydrogen-bond acceptors (Lipinski definition) is 3. The van der Waals surface area contributed by atoms with Crippen molar-refractivity contribution in [2.75, 3.05) is 12.4 Å². The van der Waals surface area contributed by atoms with Crippen LogP contribution in [-0.2, 0) is 4.79 Å². The fourth-order valence-corrected chi connectivity index (χ4v) is 2.18. The van der Waals surface area contributed by atoms with E-state index < -0.39 is 0 Å². The number of benzene rings is 2. The summed E-state index contributed by atoms with van der Waals surface area (Å²) in [5.41, 5.74) is 1.09. The van der Waals surface area contributed by atoms with Gasteiger partial charge >= 0.3 is 0 Å². The van der Waals surface area contributed by atoms with Gasteiger partial charge in [0, 0.05) is 16.8 Å². The fraction of sp³-hybridized carbons (Fsp3) is 0.0625. The zero-order chi connectivity index (χ0) is 16.1.